The van der Waals surface area contributed by atoms with Gasteiger partial charge in [-0.15, -0.1) is 11.3 Å². The molecule has 0 aliphatic carbocycles. The summed E-state index contributed by atoms with van der Waals surface area (Å²) < 4.78 is 70.7. The van der Waals surface area contributed by atoms with E-state index in [1.54, 1.807) is 0 Å². The maximum atomic E-state index is 13.7. The van der Waals surface area contributed by atoms with Crippen molar-refractivity contribution < 1.29 is 36.3 Å². The van der Waals surface area contributed by atoms with Gasteiger partial charge in [-0.25, -0.2) is 13.6 Å². The Bertz CT molecular complexity index is 1200. The molecule has 0 bridgehead atoms. The number of hydrogen-bond acceptors (Lipinski definition) is 5. The summed E-state index contributed by atoms with van der Waals surface area (Å²) in [6.07, 6.45) is -4.86. The molecule has 3 rings (SSSR count). The summed E-state index contributed by atoms with van der Waals surface area (Å²) in [6, 6.07) is 6.04. The molecule has 0 atom stereocenters. The highest BCUT2D eigenvalue weighted by atomic mass is 35.5. The first kappa shape index (κ1) is 23.5. The predicted molar refractivity (Wildman–Crippen MR) is 110 cm³/mol. The first-order valence-electron chi connectivity index (χ1n) is 8.61. The highest BCUT2D eigenvalue weighted by molar-refractivity contribution is 7.18. The van der Waals surface area contributed by atoms with E-state index < -0.39 is 40.8 Å². The van der Waals surface area contributed by atoms with Gasteiger partial charge in [0.25, 0.3) is 5.91 Å². The Hall–Kier alpha value is -3.18. The normalized spacial score (nSPS) is 11.2. The number of esters is 1. The minimum atomic E-state index is -4.86. The van der Waals surface area contributed by atoms with E-state index >= 15 is 0 Å². The van der Waals surface area contributed by atoms with E-state index in [9.17, 15) is 31.5 Å². The van der Waals surface area contributed by atoms with Gasteiger partial charge in [-0.2, -0.15) is 13.2 Å². The first-order chi connectivity index (χ1) is 15.0. The monoisotopic (exact) mass is 490 g/mol. The molecule has 0 saturated carbocycles. The van der Waals surface area contributed by atoms with Crippen molar-refractivity contribution in [3.05, 3.63) is 75.1 Å². The highest BCUT2D eigenvalue weighted by Gasteiger charge is 2.32. The molecule has 1 amide bonds. The van der Waals surface area contributed by atoms with Gasteiger partial charge in [-0.1, -0.05) is 11.6 Å². The van der Waals surface area contributed by atoms with E-state index in [1.807, 2.05) is 0 Å². The van der Waals surface area contributed by atoms with Gasteiger partial charge in [0, 0.05) is 5.56 Å². The van der Waals surface area contributed by atoms with Gasteiger partial charge < -0.3 is 15.4 Å². The number of anilines is 3. The smallest absolute Gasteiger partial charge is 0.416 e. The third-order valence-corrected chi connectivity index (χ3v) is 5.39. The van der Waals surface area contributed by atoms with Crippen LogP contribution in [-0.4, -0.2) is 19.0 Å². The summed E-state index contributed by atoms with van der Waals surface area (Å²) >= 11 is 6.84. The number of hydrogen-bond donors (Lipinski definition) is 2. The van der Waals surface area contributed by atoms with Crippen molar-refractivity contribution in [2.45, 2.75) is 6.18 Å². The van der Waals surface area contributed by atoms with Crippen LogP contribution in [0.25, 0.3) is 0 Å². The van der Waals surface area contributed by atoms with Crippen LogP contribution < -0.4 is 10.6 Å². The Morgan fingerprint density at radius 1 is 1.00 bits per heavy atom. The molecule has 32 heavy (non-hydrogen) atoms. The number of thiophene rings is 1. The second kappa shape index (κ2) is 9.13. The van der Waals surface area contributed by atoms with Crippen LogP contribution in [0.3, 0.4) is 0 Å². The molecule has 2 aromatic carbocycles. The molecule has 1 heterocycles. The lowest BCUT2D eigenvalue weighted by atomic mass is 10.1. The van der Waals surface area contributed by atoms with Crippen LogP contribution in [0.4, 0.5) is 38.3 Å². The van der Waals surface area contributed by atoms with Crippen molar-refractivity contribution in [1.82, 2.24) is 0 Å². The SMILES string of the molecule is COC(=O)c1cc(NC(=O)c2cc(F)cc(C(F)(F)F)c2)c(Nc2cc(F)ccc2Cl)s1. The number of rotatable bonds is 5. The van der Waals surface area contributed by atoms with Crippen LogP contribution in [-0.2, 0) is 10.9 Å². The predicted octanol–water partition coefficient (Wildman–Crippen LogP) is 6.48. The molecule has 0 radical (unpaired) electrons. The third kappa shape index (κ3) is 5.35. The number of carbonyl (C=O) groups excluding carboxylic acids is 2. The van der Waals surface area contributed by atoms with Gasteiger partial charge >= 0.3 is 12.1 Å². The Labute approximate surface area is 186 Å². The minimum absolute atomic E-state index is 0.0213. The van der Waals surface area contributed by atoms with Gasteiger partial charge in [0.2, 0.25) is 0 Å². The summed E-state index contributed by atoms with van der Waals surface area (Å²) in [5, 5.41) is 5.30. The molecule has 0 aliphatic rings. The molecule has 0 aliphatic heterocycles. The molecule has 1 aromatic heterocycles. The number of methoxy groups -OCH3 is 1. The quantitative estimate of drug-likeness (QED) is 0.317. The van der Waals surface area contributed by atoms with E-state index in [1.165, 1.54) is 12.1 Å². The Balaban J connectivity index is 1.97. The lowest BCUT2D eigenvalue weighted by molar-refractivity contribution is -0.137. The standard InChI is InChI=1S/C20H12ClF5N2O3S/c1-31-19(30)16-8-15(18(32-16)28-14-7-11(22)2-3-13(14)21)27-17(29)9-4-10(20(24,25)26)6-12(23)5-9/h2-8,28H,1H3,(H,27,29). The van der Waals surface area contributed by atoms with E-state index in [-0.39, 0.29) is 32.3 Å². The zero-order valence-electron chi connectivity index (χ0n) is 15.9. The summed E-state index contributed by atoms with van der Waals surface area (Å²) in [6.45, 7) is 0. The zero-order valence-corrected chi connectivity index (χ0v) is 17.5. The first-order valence-corrected chi connectivity index (χ1v) is 9.80. The van der Waals surface area contributed by atoms with Crippen LogP contribution >= 0.6 is 22.9 Å². The van der Waals surface area contributed by atoms with Gasteiger partial charge in [0.15, 0.2) is 0 Å². The Morgan fingerprint density at radius 2 is 1.72 bits per heavy atom. The van der Waals surface area contributed by atoms with E-state index in [4.69, 9.17) is 11.6 Å². The summed E-state index contributed by atoms with van der Waals surface area (Å²) in [5.74, 6) is -3.70. The molecule has 0 unspecified atom stereocenters. The molecular formula is C20H12ClF5N2O3S. The average Bonchev–Trinajstić information content (AvgIpc) is 3.11. The number of nitrogens with one attached hydrogen (secondary N) is 2. The van der Waals surface area contributed by atoms with Crippen LogP contribution in [0, 0.1) is 11.6 Å². The van der Waals surface area contributed by atoms with Gasteiger partial charge in [0.1, 0.15) is 21.5 Å². The second-order valence-electron chi connectivity index (χ2n) is 6.27. The number of alkyl halides is 3. The maximum Gasteiger partial charge on any atom is 0.416 e. The third-order valence-electron chi connectivity index (χ3n) is 4.03. The van der Waals surface area contributed by atoms with E-state index in [0.717, 1.165) is 30.6 Å². The summed E-state index contributed by atoms with van der Waals surface area (Å²) in [4.78, 5) is 24.5. The highest BCUT2D eigenvalue weighted by Crippen LogP contribution is 2.38. The van der Waals surface area contributed by atoms with Gasteiger partial charge in [-0.05, 0) is 42.5 Å². The number of benzene rings is 2. The van der Waals surface area contributed by atoms with Crippen molar-refractivity contribution in [1.29, 1.82) is 0 Å². The van der Waals surface area contributed by atoms with Crippen molar-refractivity contribution in [3.63, 3.8) is 0 Å². The lowest BCUT2D eigenvalue weighted by Crippen LogP contribution is -2.15. The fourth-order valence-corrected chi connectivity index (χ4v) is 3.68. The molecular weight excluding hydrogens is 479 g/mol. The molecule has 0 saturated heterocycles. The van der Waals surface area contributed by atoms with E-state index in [2.05, 4.69) is 15.4 Å². The fourth-order valence-electron chi connectivity index (χ4n) is 2.57. The molecule has 5 nitrogen and oxygen atoms in total. The van der Waals surface area contributed by atoms with Crippen LogP contribution in [0.1, 0.15) is 25.6 Å². The second-order valence-corrected chi connectivity index (χ2v) is 7.73. The fraction of sp³-hybridized carbons (Fsp3) is 0.100. The number of carbonyl (C=O) groups is 2. The molecule has 12 heteroatoms. The molecule has 3 aromatic rings. The van der Waals surface area contributed by atoms with Crippen molar-refractivity contribution >= 4 is 51.2 Å². The van der Waals surface area contributed by atoms with Crippen LogP contribution in [0.5, 0.6) is 0 Å². The zero-order chi connectivity index (χ0) is 23.6. The number of ether oxygens (including phenoxy) is 1. The van der Waals surface area contributed by atoms with Crippen molar-refractivity contribution in [2.75, 3.05) is 17.7 Å². The van der Waals surface area contributed by atoms with Crippen molar-refractivity contribution in [2.24, 2.45) is 0 Å². The average molecular weight is 491 g/mol. The number of amides is 1. The van der Waals surface area contributed by atoms with E-state index in [0.29, 0.717) is 12.1 Å². The Kier molecular flexibility index (Phi) is 6.70. The Morgan fingerprint density at radius 3 is 2.38 bits per heavy atom. The van der Waals surface area contributed by atoms with Crippen LogP contribution in [0.15, 0.2) is 42.5 Å². The maximum absolute atomic E-state index is 13.7. The summed E-state index contributed by atoms with van der Waals surface area (Å²) in [5.41, 5.74) is -1.88. The molecule has 0 spiro atoms. The van der Waals surface area contributed by atoms with Gasteiger partial charge in [-0.3, -0.25) is 4.79 Å². The largest absolute Gasteiger partial charge is 0.465 e. The van der Waals surface area contributed by atoms with Gasteiger partial charge in [0.05, 0.1) is 29.1 Å². The number of halogens is 6. The van der Waals surface area contributed by atoms with Crippen molar-refractivity contribution in [3.8, 4) is 0 Å². The summed E-state index contributed by atoms with van der Waals surface area (Å²) in [7, 11) is 1.13. The lowest BCUT2D eigenvalue weighted by Gasteiger charge is -2.12. The molecule has 168 valence electrons. The minimum Gasteiger partial charge on any atom is -0.465 e. The molecule has 2 N–H and O–H groups in total. The topological polar surface area (TPSA) is 67.4 Å². The molecule has 0 fully saturated rings. The van der Waals surface area contributed by atoms with Crippen LogP contribution in [0.2, 0.25) is 5.02 Å².